The van der Waals surface area contributed by atoms with Gasteiger partial charge in [0.2, 0.25) is 0 Å². The number of carbonyl (C=O) groups is 1. The highest BCUT2D eigenvalue weighted by Gasteiger charge is 2.28. The zero-order chi connectivity index (χ0) is 24.7. The van der Waals surface area contributed by atoms with E-state index in [2.05, 4.69) is 25.6 Å². The number of fused-ring (bicyclic) bond motifs is 2. The van der Waals surface area contributed by atoms with Crippen LogP contribution in [-0.4, -0.2) is 69.6 Å². The van der Waals surface area contributed by atoms with Crippen molar-refractivity contribution in [1.29, 1.82) is 0 Å². The van der Waals surface area contributed by atoms with Crippen molar-refractivity contribution < 1.29 is 19.0 Å². The second-order valence-corrected chi connectivity index (χ2v) is 8.88. The number of pyridine rings is 1. The highest BCUT2D eigenvalue weighted by Crippen LogP contribution is 2.37. The van der Waals surface area contributed by atoms with E-state index in [1.54, 1.807) is 44.2 Å². The topological polar surface area (TPSA) is 109 Å². The summed E-state index contributed by atoms with van der Waals surface area (Å²) >= 11 is 0. The number of methoxy groups -OCH3 is 1. The first-order valence-corrected chi connectivity index (χ1v) is 11.5. The number of amides is 1. The van der Waals surface area contributed by atoms with Crippen molar-refractivity contribution in [3.05, 3.63) is 47.8 Å². The number of aryl methyl sites for hydroxylation is 2. The molecule has 4 aromatic rings. The molecule has 1 aliphatic rings. The Labute approximate surface area is 201 Å². The average Bonchev–Trinajstić information content (AvgIpc) is 3.51. The lowest BCUT2D eigenvalue weighted by molar-refractivity contribution is 0.102. The van der Waals surface area contributed by atoms with Crippen molar-refractivity contribution >= 4 is 33.8 Å². The van der Waals surface area contributed by atoms with Gasteiger partial charge in [0.25, 0.3) is 5.91 Å². The predicted octanol–water partition coefficient (Wildman–Crippen LogP) is 2.44. The van der Waals surface area contributed by atoms with Gasteiger partial charge in [0, 0.05) is 75.9 Å². The van der Waals surface area contributed by atoms with Crippen LogP contribution in [0.1, 0.15) is 22.5 Å². The van der Waals surface area contributed by atoms with E-state index in [4.69, 9.17) is 4.74 Å². The third-order valence-electron chi connectivity index (χ3n) is 6.25. The molecule has 0 saturated carbocycles. The van der Waals surface area contributed by atoms with Gasteiger partial charge in [0.1, 0.15) is 16.8 Å². The first kappa shape index (κ1) is 23.1. The van der Waals surface area contributed by atoms with Crippen LogP contribution in [0.4, 0.5) is 15.8 Å². The van der Waals surface area contributed by atoms with Gasteiger partial charge >= 0.3 is 0 Å². The van der Waals surface area contributed by atoms with Gasteiger partial charge in [-0.15, -0.1) is 0 Å². The Hall–Kier alpha value is -3.70. The molecule has 1 fully saturated rings. The Morgan fingerprint density at radius 2 is 2.14 bits per heavy atom. The molecule has 0 bridgehead atoms. The summed E-state index contributed by atoms with van der Waals surface area (Å²) in [7, 11) is 3.45. The fourth-order valence-corrected chi connectivity index (χ4v) is 4.70. The molecule has 0 radical (unpaired) electrons. The molecular formula is C24H28FN7O3. The maximum atomic E-state index is 14.5. The van der Waals surface area contributed by atoms with Crippen molar-refractivity contribution in [3.8, 4) is 5.75 Å². The highest BCUT2D eigenvalue weighted by molar-refractivity contribution is 6.16. The molecule has 4 heterocycles. The van der Waals surface area contributed by atoms with Gasteiger partial charge < -0.3 is 29.8 Å². The zero-order valence-electron chi connectivity index (χ0n) is 19.9. The van der Waals surface area contributed by atoms with Crippen molar-refractivity contribution in [2.75, 3.05) is 43.6 Å². The Bertz CT molecular complexity index is 1410. The standard InChI is InChI=1S/C24H28FN7O3/c1-14-10-32-12-16(8-18(25)23(32)27-14)28-24(34)21-20(33)9-19(17-13-30(2)29-22(17)21)31-6-4-15(11-31)26-5-7-35-3/h8-10,12-13,15,26,33H,4-7,11H2,1-3H3,(H,28,34)/t15-/m0/s1. The number of phenols is 1. The zero-order valence-corrected chi connectivity index (χ0v) is 19.9. The summed E-state index contributed by atoms with van der Waals surface area (Å²) in [6, 6.07) is 3.12. The van der Waals surface area contributed by atoms with Crippen LogP contribution in [-0.2, 0) is 11.8 Å². The summed E-state index contributed by atoms with van der Waals surface area (Å²) in [4.78, 5) is 19.5. The number of halogens is 1. The lowest BCUT2D eigenvalue weighted by Crippen LogP contribution is -2.34. The van der Waals surface area contributed by atoms with E-state index in [0.717, 1.165) is 37.1 Å². The van der Waals surface area contributed by atoms with Gasteiger partial charge in [-0.05, 0) is 13.3 Å². The molecular weight excluding hydrogens is 453 g/mol. The Kier molecular flexibility index (Phi) is 6.03. The SMILES string of the molecule is COCCN[C@H]1CCN(c2cc(O)c(C(=O)Nc3cc(F)c4nc(C)cn4c3)c3nn(C)cc23)C1. The summed E-state index contributed by atoms with van der Waals surface area (Å²) in [5.74, 6) is -1.31. The van der Waals surface area contributed by atoms with Gasteiger partial charge in [0.05, 0.1) is 23.7 Å². The number of nitrogens with zero attached hydrogens (tertiary/aromatic N) is 5. The van der Waals surface area contributed by atoms with Crippen molar-refractivity contribution in [3.63, 3.8) is 0 Å². The minimum Gasteiger partial charge on any atom is -0.507 e. The summed E-state index contributed by atoms with van der Waals surface area (Å²) in [5, 5.41) is 22.3. The monoisotopic (exact) mass is 481 g/mol. The number of carbonyl (C=O) groups excluding carboxylic acids is 1. The number of rotatable bonds is 7. The number of anilines is 2. The van der Waals surface area contributed by atoms with E-state index in [-0.39, 0.29) is 22.6 Å². The minimum atomic E-state index is -0.575. The number of benzene rings is 1. The third kappa shape index (κ3) is 4.40. The van der Waals surface area contributed by atoms with E-state index in [9.17, 15) is 14.3 Å². The highest BCUT2D eigenvalue weighted by atomic mass is 19.1. The normalized spacial score (nSPS) is 16.0. The number of hydrogen-bond acceptors (Lipinski definition) is 7. The fourth-order valence-electron chi connectivity index (χ4n) is 4.70. The van der Waals surface area contributed by atoms with E-state index >= 15 is 0 Å². The Morgan fingerprint density at radius 3 is 2.94 bits per heavy atom. The summed E-state index contributed by atoms with van der Waals surface area (Å²) < 4.78 is 22.7. The maximum absolute atomic E-state index is 14.5. The van der Waals surface area contributed by atoms with Crippen LogP contribution >= 0.6 is 0 Å². The summed E-state index contributed by atoms with van der Waals surface area (Å²) in [6.45, 7) is 4.75. The summed E-state index contributed by atoms with van der Waals surface area (Å²) in [6.07, 6.45) is 6.05. The number of aromatic hydroxyl groups is 1. The van der Waals surface area contributed by atoms with E-state index in [1.165, 1.54) is 10.5 Å². The van der Waals surface area contributed by atoms with Gasteiger partial charge in [0.15, 0.2) is 11.5 Å². The van der Waals surface area contributed by atoms with Crippen LogP contribution in [0.5, 0.6) is 5.75 Å². The van der Waals surface area contributed by atoms with E-state index < -0.39 is 11.7 Å². The summed E-state index contributed by atoms with van der Waals surface area (Å²) in [5.41, 5.74) is 2.33. The van der Waals surface area contributed by atoms with Gasteiger partial charge in [-0.25, -0.2) is 9.37 Å². The molecule has 0 spiro atoms. The van der Waals surface area contributed by atoms with E-state index in [1.807, 2.05) is 6.20 Å². The number of ether oxygens (including phenoxy) is 1. The molecule has 1 amide bonds. The predicted molar refractivity (Wildman–Crippen MR) is 131 cm³/mol. The lowest BCUT2D eigenvalue weighted by atomic mass is 10.1. The largest absolute Gasteiger partial charge is 0.507 e. The molecule has 10 nitrogen and oxygen atoms in total. The van der Waals surface area contributed by atoms with Crippen molar-refractivity contribution in [2.24, 2.45) is 7.05 Å². The van der Waals surface area contributed by atoms with Gasteiger partial charge in [-0.2, -0.15) is 5.10 Å². The quantitative estimate of drug-likeness (QED) is 0.348. The van der Waals surface area contributed by atoms with Gasteiger partial charge in [-0.3, -0.25) is 9.48 Å². The Balaban J connectivity index is 1.45. The molecule has 1 aliphatic heterocycles. The smallest absolute Gasteiger partial charge is 0.261 e. The van der Waals surface area contributed by atoms with E-state index in [0.29, 0.717) is 23.9 Å². The van der Waals surface area contributed by atoms with Crippen LogP contribution in [0.2, 0.25) is 0 Å². The van der Waals surface area contributed by atoms with Crippen molar-refractivity contribution in [1.82, 2.24) is 24.5 Å². The maximum Gasteiger partial charge on any atom is 0.261 e. The molecule has 5 rings (SSSR count). The van der Waals surface area contributed by atoms with Crippen LogP contribution < -0.4 is 15.5 Å². The molecule has 1 atom stereocenters. The Morgan fingerprint density at radius 1 is 1.31 bits per heavy atom. The third-order valence-corrected chi connectivity index (χ3v) is 6.25. The molecule has 3 N–H and O–H groups in total. The first-order chi connectivity index (χ1) is 16.8. The number of nitrogens with one attached hydrogen (secondary N) is 2. The van der Waals surface area contributed by atoms with Crippen LogP contribution in [0.15, 0.2) is 30.7 Å². The molecule has 1 aromatic carbocycles. The number of imidazole rings is 1. The number of aromatic nitrogens is 4. The molecule has 0 unspecified atom stereocenters. The average molecular weight is 482 g/mol. The fraction of sp³-hybridized carbons (Fsp3) is 0.375. The molecule has 11 heteroatoms. The minimum absolute atomic E-state index is 0.0423. The first-order valence-electron chi connectivity index (χ1n) is 11.5. The number of phenolic OH excluding ortho intramolecular Hbond substituents is 1. The van der Waals surface area contributed by atoms with Crippen LogP contribution in [0.25, 0.3) is 16.6 Å². The number of hydrogen-bond donors (Lipinski definition) is 3. The lowest BCUT2D eigenvalue weighted by Gasteiger charge is -2.21. The molecule has 1 saturated heterocycles. The van der Waals surface area contributed by atoms with Crippen LogP contribution in [0, 0.1) is 12.7 Å². The molecule has 184 valence electrons. The second kappa shape index (κ2) is 9.16. The van der Waals surface area contributed by atoms with Crippen LogP contribution in [0.3, 0.4) is 0 Å². The van der Waals surface area contributed by atoms with Gasteiger partial charge in [-0.1, -0.05) is 0 Å². The molecule has 0 aliphatic carbocycles. The second-order valence-electron chi connectivity index (χ2n) is 8.88. The molecule has 35 heavy (non-hydrogen) atoms. The molecule has 3 aromatic heterocycles. The van der Waals surface area contributed by atoms with Crippen molar-refractivity contribution in [2.45, 2.75) is 19.4 Å².